The van der Waals surface area contributed by atoms with Gasteiger partial charge in [0.25, 0.3) is 0 Å². The third-order valence-electron chi connectivity index (χ3n) is 2.66. The third kappa shape index (κ3) is 4.40. The van der Waals surface area contributed by atoms with Crippen LogP contribution >= 0.6 is 11.8 Å². The third-order valence-corrected chi connectivity index (χ3v) is 3.64. The van der Waals surface area contributed by atoms with Gasteiger partial charge in [-0.15, -0.1) is 0 Å². The van der Waals surface area contributed by atoms with E-state index in [9.17, 15) is 4.79 Å². The molecule has 0 aliphatic carbocycles. The maximum absolute atomic E-state index is 11.7. The summed E-state index contributed by atoms with van der Waals surface area (Å²) in [6, 6.07) is 0. The van der Waals surface area contributed by atoms with E-state index in [4.69, 9.17) is 5.73 Å². The van der Waals surface area contributed by atoms with Gasteiger partial charge < -0.3 is 15.5 Å². The minimum atomic E-state index is 0.268. The van der Waals surface area contributed by atoms with E-state index in [1.807, 2.05) is 4.90 Å². The van der Waals surface area contributed by atoms with Gasteiger partial charge in [-0.3, -0.25) is 4.79 Å². The molecule has 0 bridgehead atoms. The normalized spacial score (nSPS) is 18.1. The van der Waals surface area contributed by atoms with E-state index in [-0.39, 0.29) is 5.91 Å². The van der Waals surface area contributed by atoms with Crippen LogP contribution in [0.1, 0.15) is 6.92 Å². The number of rotatable bonds is 5. The van der Waals surface area contributed by atoms with Crippen LogP contribution in [-0.2, 0) is 4.79 Å². The van der Waals surface area contributed by atoms with E-state index < -0.39 is 0 Å². The highest BCUT2D eigenvalue weighted by Crippen LogP contribution is 2.05. The van der Waals surface area contributed by atoms with Gasteiger partial charge in [-0.05, 0) is 6.54 Å². The molecule has 1 aliphatic rings. The Morgan fingerprint density at radius 1 is 1.33 bits per heavy atom. The topological polar surface area (TPSA) is 49.6 Å². The lowest BCUT2D eigenvalue weighted by atomic mass is 10.3. The average Bonchev–Trinajstić information content (AvgIpc) is 2.29. The van der Waals surface area contributed by atoms with Crippen LogP contribution in [0.3, 0.4) is 0 Å². The van der Waals surface area contributed by atoms with Crippen molar-refractivity contribution in [2.24, 2.45) is 5.73 Å². The van der Waals surface area contributed by atoms with Crippen molar-refractivity contribution in [1.82, 2.24) is 9.80 Å². The van der Waals surface area contributed by atoms with Crippen LogP contribution in [0, 0.1) is 0 Å². The number of thioether (sulfide) groups is 1. The fourth-order valence-corrected chi connectivity index (χ4v) is 2.32. The molecule has 15 heavy (non-hydrogen) atoms. The number of hydrogen-bond donors (Lipinski definition) is 1. The van der Waals surface area contributed by atoms with Gasteiger partial charge in [0.15, 0.2) is 0 Å². The Balaban J connectivity index is 2.18. The number of piperazine rings is 1. The number of amides is 1. The largest absolute Gasteiger partial charge is 0.339 e. The molecule has 1 heterocycles. The van der Waals surface area contributed by atoms with E-state index in [0.717, 1.165) is 38.5 Å². The minimum absolute atomic E-state index is 0.268. The number of likely N-dealkylation sites (N-methyl/N-ethyl adjacent to an activating group) is 1. The van der Waals surface area contributed by atoms with E-state index in [0.29, 0.717) is 12.3 Å². The molecule has 1 amide bonds. The van der Waals surface area contributed by atoms with Crippen LogP contribution in [0.4, 0.5) is 0 Å². The first-order chi connectivity index (χ1) is 7.27. The van der Waals surface area contributed by atoms with Gasteiger partial charge in [-0.1, -0.05) is 6.92 Å². The van der Waals surface area contributed by atoms with Crippen LogP contribution in [0.5, 0.6) is 0 Å². The van der Waals surface area contributed by atoms with Gasteiger partial charge in [-0.25, -0.2) is 0 Å². The lowest BCUT2D eigenvalue weighted by Crippen LogP contribution is -2.49. The standard InChI is InChI=1S/C10H21N3OS/c1-2-12-4-6-13(7-5-12)10(14)9-15-8-3-11/h2-9,11H2,1H3. The molecule has 0 aromatic rings. The zero-order valence-electron chi connectivity index (χ0n) is 9.45. The molecule has 1 rings (SSSR count). The van der Waals surface area contributed by atoms with Crippen molar-refractivity contribution in [3.63, 3.8) is 0 Å². The molecule has 88 valence electrons. The molecule has 0 atom stereocenters. The molecule has 0 unspecified atom stereocenters. The summed E-state index contributed by atoms with van der Waals surface area (Å²) in [5.74, 6) is 1.73. The lowest BCUT2D eigenvalue weighted by molar-refractivity contribution is -0.130. The number of carbonyl (C=O) groups is 1. The van der Waals surface area contributed by atoms with Crippen molar-refractivity contribution >= 4 is 17.7 Å². The molecular weight excluding hydrogens is 210 g/mol. The monoisotopic (exact) mass is 231 g/mol. The Kier molecular flexibility index (Phi) is 6.05. The summed E-state index contributed by atoms with van der Waals surface area (Å²) in [5.41, 5.74) is 5.38. The average molecular weight is 231 g/mol. The second-order valence-electron chi connectivity index (χ2n) is 3.66. The maximum atomic E-state index is 11.7. The fraction of sp³-hybridized carbons (Fsp3) is 0.900. The summed E-state index contributed by atoms with van der Waals surface area (Å²) < 4.78 is 0. The highest BCUT2D eigenvalue weighted by Gasteiger charge is 2.19. The summed E-state index contributed by atoms with van der Waals surface area (Å²) in [6.07, 6.45) is 0. The first kappa shape index (κ1) is 12.8. The summed E-state index contributed by atoms with van der Waals surface area (Å²) in [4.78, 5) is 16.1. The molecule has 0 aromatic carbocycles. The Bertz CT molecular complexity index is 193. The van der Waals surface area contributed by atoms with Gasteiger partial charge in [0.1, 0.15) is 0 Å². The van der Waals surface area contributed by atoms with Crippen molar-refractivity contribution in [3.8, 4) is 0 Å². The molecule has 0 spiro atoms. The molecule has 0 radical (unpaired) electrons. The highest BCUT2D eigenvalue weighted by atomic mass is 32.2. The predicted molar refractivity (Wildman–Crippen MR) is 65.1 cm³/mol. The van der Waals surface area contributed by atoms with Crippen molar-refractivity contribution in [2.75, 3.05) is 50.8 Å². The van der Waals surface area contributed by atoms with E-state index >= 15 is 0 Å². The van der Waals surface area contributed by atoms with Gasteiger partial charge >= 0.3 is 0 Å². The van der Waals surface area contributed by atoms with Gasteiger partial charge in [-0.2, -0.15) is 11.8 Å². The smallest absolute Gasteiger partial charge is 0.232 e. The Morgan fingerprint density at radius 3 is 2.53 bits per heavy atom. The summed E-state index contributed by atoms with van der Waals surface area (Å²) >= 11 is 1.63. The van der Waals surface area contributed by atoms with Crippen LogP contribution in [-0.4, -0.2) is 66.5 Å². The zero-order valence-corrected chi connectivity index (χ0v) is 10.3. The number of nitrogens with two attached hydrogens (primary N) is 1. The first-order valence-electron chi connectivity index (χ1n) is 5.56. The van der Waals surface area contributed by atoms with Crippen molar-refractivity contribution in [1.29, 1.82) is 0 Å². The molecule has 1 saturated heterocycles. The van der Waals surface area contributed by atoms with Gasteiger partial charge in [0, 0.05) is 38.5 Å². The fourth-order valence-electron chi connectivity index (χ4n) is 1.65. The first-order valence-corrected chi connectivity index (χ1v) is 6.71. The molecular formula is C10H21N3OS. The Labute approximate surface area is 96.2 Å². The SMILES string of the molecule is CCN1CCN(C(=O)CSCCN)CC1. The zero-order chi connectivity index (χ0) is 11.1. The quantitative estimate of drug-likeness (QED) is 0.668. The van der Waals surface area contributed by atoms with Crippen LogP contribution < -0.4 is 5.73 Å². The number of carbonyl (C=O) groups excluding carboxylic acids is 1. The number of hydrogen-bond acceptors (Lipinski definition) is 4. The highest BCUT2D eigenvalue weighted by molar-refractivity contribution is 7.99. The van der Waals surface area contributed by atoms with Crippen LogP contribution in [0.15, 0.2) is 0 Å². The minimum Gasteiger partial charge on any atom is -0.339 e. The van der Waals surface area contributed by atoms with Crippen molar-refractivity contribution in [2.45, 2.75) is 6.92 Å². The molecule has 0 saturated carbocycles. The van der Waals surface area contributed by atoms with E-state index in [1.54, 1.807) is 11.8 Å². The molecule has 4 nitrogen and oxygen atoms in total. The van der Waals surface area contributed by atoms with Crippen LogP contribution in [0.2, 0.25) is 0 Å². The maximum Gasteiger partial charge on any atom is 0.232 e. The summed E-state index contributed by atoms with van der Waals surface area (Å²) in [5, 5.41) is 0. The Hall–Kier alpha value is -0.260. The lowest BCUT2D eigenvalue weighted by Gasteiger charge is -2.34. The molecule has 1 fully saturated rings. The van der Waals surface area contributed by atoms with Gasteiger partial charge in [0.05, 0.1) is 5.75 Å². The molecule has 0 aromatic heterocycles. The van der Waals surface area contributed by atoms with E-state index in [2.05, 4.69) is 11.8 Å². The molecule has 2 N–H and O–H groups in total. The summed E-state index contributed by atoms with van der Waals surface area (Å²) in [7, 11) is 0. The summed E-state index contributed by atoms with van der Waals surface area (Å²) in [6.45, 7) is 7.71. The Morgan fingerprint density at radius 2 is 2.00 bits per heavy atom. The van der Waals surface area contributed by atoms with Crippen molar-refractivity contribution < 1.29 is 4.79 Å². The predicted octanol–water partition coefficient (Wildman–Crippen LogP) is -0.158. The number of nitrogens with zero attached hydrogens (tertiary/aromatic N) is 2. The van der Waals surface area contributed by atoms with E-state index in [1.165, 1.54) is 0 Å². The van der Waals surface area contributed by atoms with Gasteiger partial charge in [0.2, 0.25) is 5.91 Å². The second kappa shape index (κ2) is 7.09. The molecule has 1 aliphatic heterocycles. The van der Waals surface area contributed by atoms with Crippen LogP contribution in [0.25, 0.3) is 0 Å². The second-order valence-corrected chi connectivity index (χ2v) is 4.76. The molecule has 5 heteroatoms. The van der Waals surface area contributed by atoms with Crippen molar-refractivity contribution in [3.05, 3.63) is 0 Å².